The largest absolute Gasteiger partial charge is 0.313 e. The Bertz CT molecular complexity index is 603. The van der Waals surface area contributed by atoms with Gasteiger partial charge in [0.2, 0.25) is 0 Å². The number of fused-ring (bicyclic) bond motifs is 1. The third kappa shape index (κ3) is 1.79. The Morgan fingerprint density at radius 1 is 0.941 bits per heavy atom. The van der Waals surface area contributed by atoms with Gasteiger partial charge in [-0.15, -0.1) is 0 Å². The summed E-state index contributed by atoms with van der Waals surface area (Å²) >= 11 is 6.58. The molecule has 1 heterocycles. The van der Waals surface area contributed by atoms with Crippen LogP contribution in [-0.4, -0.2) is 18.6 Å². The zero-order valence-corrected chi connectivity index (χ0v) is 11.6. The van der Waals surface area contributed by atoms with Crippen molar-refractivity contribution in [1.82, 2.24) is 8.75 Å². The van der Waals surface area contributed by atoms with Gasteiger partial charge in [0.15, 0.2) is 11.0 Å². The molecular weight excluding hydrogens is 384 g/mol. The van der Waals surface area contributed by atoms with Crippen LogP contribution >= 0.6 is 43.6 Å². The molecule has 88 valence electrons. The van der Waals surface area contributed by atoms with Crippen LogP contribution in [-0.2, 0) is 0 Å². The molecular formula is C6Br2N4O4S. The summed E-state index contributed by atoms with van der Waals surface area (Å²) in [7, 11) is 0. The number of nitrogens with zero attached hydrogens (tertiary/aromatic N) is 4. The van der Waals surface area contributed by atoms with Gasteiger partial charge < -0.3 is 0 Å². The smallest absolute Gasteiger partial charge is 0.258 e. The zero-order chi connectivity index (χ0) is 12.7. The van der Waals surface area contributed by atoms with Crippen LogP contribution in [0.2, 0.25) is 0 Å². The number of nitro groups is 2. The standard InChI is InChI=1S/C6Br2N4O4S/c7-1-2(8)6(12(15)16)4-3(9-17-10-4)5(1)11(13)14. The lowest BCUT2D eigenvalue weighted by atomic mass is 10.2. The van der Waals surface area contributed by atoms with Crippen LogP contribution in [0.15, 0.2) is 8.95 Å². The summed E-state index contributed by atoms with van der Waals surface area (Å²) in [4.78, 5) is 20.4. The van der Waals surface area contributed by atoms with Gasteiger partial charge in [0.1, 0.15) is 8.95 Å². The molecule has 2 rings (SSSR count). The fourth-order valence-electron chi connectivity index (χ4n) is 1.25. The molecule has 0 aliphatic rings. The van der Waals surface area contributed by atoms with Gasteiger partial charge in [-0.05, 0) is 31.9 Å². The molecule has 8 nitrogen and oxygen atoms in total. The maximum atomic E-state index is 10.9. The number of benzene rings is 1. The summed E-state index contributed by atoms with van der Waals surface area (Å²) in [5, 5.41) is 21.8. The van der Waals surface area contributed by atoms with Crippen molar-refractivity contribution in [1.29, 1.82) is 0 Å². The average Bonchev–Trinajstić information content (AvgIpc) is 2.66. The first-order valence-corrected chi connectivity index (χ1v) is 6.18. The van der Waals surface area contributed by atoms with Crippen LogP contribution in [0.5, 0.6) is 0 Å². The molecule has 0 aliphatic carbocycles. The van der Waals surface area contributed by atoms with Gasteiger partial charge in [-0.1, -0.05) is 0 Å². The van der Waals surface area contributed by atoms with E-state index in [-0.39, 0.29) is 31.4 Å². The predicted molar refractivity (Wildman–Crippen MR) is 66.1 cm³/mol. The molecule has 0 unspecified atom stereocenters. The molecule has 0 amide bonds. The van der Waals surface area contributed by atoms with Crippen molar-refractivity contribution < 1.29 is 9.85 Å². The lowest BCUT2D eigenvalue weighted by molar-refractivity contribution is -0.388. The van der Waals surface area contributed by atoms with Crippen molar-refractivity contribution >= 4 is 66.0 Å². The van der Waals surface area contributed by atoms with Gasteiger partial charge in [-0.3, -0.25) is 20.2 Å². The molecule has 17 heavy (non-hydrogen) atoms. The Morgan fingerprint density at radius 2 is 1.29 bits per heavy atom. The van der Waals surface area contributed by atoms with Crippen LogP contribution < -0.4 is 0 Å². The van der Waals surface area contributed by atoms with Crippen LogP contribution in [0.3, 0.4) is 0 Å². The van der Waals surface area contributed by atoms with Crippen molar-refractivity contribution in [3.05, 3.63) is 29.2 Å². The molecule has 0 spiro atoms. The summed E-state index contributed by atoms with van der Waals surface area (Å²) < 4.78 is 7.40. The van der Waals surface area contributed by atoms with E-state index in [1.807, 2.05) is 0 Å². The topological polar surface area (TPSA) is 112 Å². The van der Waals surface area contributed by atoms with Gasteiger partial charge in [-0.2, -0.15) is 8.75 Å². The Hall–Kier alpha value is -1.20. The third-order valence-corrected chi connectivity index (χ3v) is 4.52. The monoisotopic (exact) mass is 382 g/mol. The summed E-state index contributed by atoms with van der Waals surface area (Å²) in [5.41, 5.74) is -0.874. The second-order valence-corrected chi connectivity index (χ2v) is 4.92. The molecule has 1 aromatic carbocycles. The SMILES string of the molecule is O=[N+]([O-])c1c(Br)c(Br)c([N+](=O)[O-])c2nsnc12. The highest BCUT2D eigenvalue weighted by Crippen LogP contribution is 2.45. The summed E-state index contributed by atoms with van der Waals surface area (Å²) in [6.45, 7) is 0. The Morgan fingerprint density at radius 3 is 1.59 bits per heavy atom. The number of nitro benzene ring substituents is 2. The Balaban J connectivity index is 3.02. The zero-order valence-electron chi connectivity index (χ0n) is 7.59. The third-order valence-electron chi connectivity index (χ3n) is 1.91. The number of hydrogen-bond donors (Lipinski definition) is 0. The number of halogens is 2. The van der Waals surface area contributed by atoms with E-state index >= 15 is 0 Å². The van der Waals surface area contributed by atoms with Crippen molar-refractivity contribution in [2.75, 3.05) is 0 Å². The minimum atomic E-state index is -0.664. The van der Waals surface area contributed by atoms with E-state index in [0.29, 0.717) is 11.7 Å². The van der Waals surface area contributed by atoms with Crippen molar-refractivity contribution in [3.8, 4) is 0 Å². The minimum absolute atomic E-state index is 0.0191. The number of aromatic nitrogens is 2. The van der Waals surface area contributed by atoms with Gasteiger partial charge in [0.05, 0.1) is 21.6 Å². The van der Waals surface area contributed by atoms with E-state index in [4.69, 9.17) is 0 Å². The average molecular weight is 384 g/mol. The van der Waals surface area contributed by atoms with Crippen LogP contribution in [0.25, 0.3) is 11.0 Å². The molecule has 0 saturated carbocycles. The first kappa shape index (κ1) is 12.3. The maximum absolute atomic E-state index is 10.9. The fourth-order valence-corrected chi connectivity index (χ4v) is 2.84. The second-order valence-electron chi connectivity index (χ2n) is 2.80. The highest BCUT2D eigenvalue weighted by molar-refractivity contribution is 9.13. The summed E-state index contributed by atoms with van der Waals surface area (Å²) in [6, 6.07) is 0. The normalized spacial score (nSPS) is 10.7. The molecule has 0 radical (unpaired) electrons. The predicted octanol–water partition coefficient (Wildman–Crippen LogP) is 3.03. The van der Waals surface area contributed by atoms with Crippen LogP contribution in [0.4, 0.5) is 11.4 Å². The first-order chi connectivity index (χ1) is 7.95. The highest BCUT2D eigenvalue weighted by Gasteiger charge is 2.32. The molecule has 11 heteroatoms. The molecule has 0 N–H and O–H groups in total. The summed E-state index contributed by atoms with van der Waals surface area (Å²) in [5.74, 6) is 0. The number of rotatable bonds is 2. The van der Waals surface area contributed by atoms with E-state index in [9.17, 15) is 20.2 Å². The fraction of sp³-hybridized carbons (Fsp3) is 0. The van der Waals surface area contributed by atoms with Crippen LogP contribution in [0.1, 0.15) is 0 Å². The Labute approximate surface area is 114 Å². The van der Waals surface area contributed by atoms with Crippen molar-refractivity contribution in [3.63, 3.8) is 0 Å². The maximum Gasteiger partial charge on any atom is 0.313 e. The Kier molecular flexibility index (Phi) is 3.05. The second kappa shape index (κ2) is 4.23. The lowest BCUT2D eigenvalue weighted by Crippen LogP contribution is -1.97. The van der Waals surface area contributed by atoms with Crippen molar-refractivity contribution in [2.45, 2.75) is 0 Å². The lowest BCUT2D eigenvalue weighted by Gasteiger charge is -2.00. The summed E-state index contributed by atoms with van der Waals surface area (Å²) in [6.07, 6.45) is 0. The van der Waals surface area contributed by atoms with E-state index in [0.717, 1.165) is 0 Å². The van der Waals surface area contributed by atoms with Gasteiger partial charge in [0.25, 0.3) is 0 Å². The van der Waals surface area contributed by atoms with E-state index in [1.54, 1.807) is 0 Å². The van der Waals surface area contributed by atoms with E-state index in [2.05, 4.69) is 40.6 Å². The minimum Gasteiger partial charge on any atom is -0.258 e. The molecule has 0 atom stereocenters. The number of hydrogen-bond acceptors (Lipinski definition) is 7. The van der Waals surface area contributed by atoms with Gasteiger partial charge in [-0.25, -0.2) is 0 Å². The molecule has 1 aromatic heterocycles. The molecule has 2 aromatic rings. The van der Waals surface area contributed by atoms with Crippen molar-refractivity contribution in [2.24, 2.45) is 0 Å². The first-order valence-electron chi connectivity index (χ1n) is 3.87. The molecule has 0 aliphatic heterocycles. The van der Waals surface area contributed by atoms with E-state index < -0.39 is 9.85 Å². The highest BCUT2D eigenvalue weighted by atomic mass is 79.9. The quantitative estimate of drug-likeness (QED) is 0.581. The molecule has 0 saturated heterocycles. The van der Waals surface area contributed by atoms with Gasteiger partial charge in [0, 0.05) is 0 Å². The van der Waals surface area contributed by atoms with Crippen LogP contribution in [0, 0.1) is 20.2 Å². The van der Waals surface area contributed by atoms with Gasteiger partial charge >= 0.3 is 11.4 Å². The molecule has 0 fully saturated rings. The molecule has 0 bridgehead atoms. The van der Waals surface area contributed by atoms with E-state index in [1.165, 1.54) is 0 Å².